The zero-order valence-corrected chi connectivity index (χ0v) is 23.2. The number of hydrogen-bond donors (Lipinski definition) is 0. The Morgan fingerprint density at radius 3 is 2.46 bits per heavy atom. The van der Waals surface area contributed by atoms with Crippen molar-refractivity contribution in [1.82, 2.24) is 14.5 Å². The van der Waals surface area contributed by atoms with Gasteiger partial charge >= 0.3 is 0 Å². The van der Waals surface area contributed by atoms with Crippen molar-refractivity contribution >= 4 is 15.7 Å². The molecule has 0 atom stereocenters. The van der Waals surface area contributed by atoms with Gasteiger partial charge in [-0.25, -0.2) is 13.4 Å². The lowest BCUT2D eigenvalue weighted by molar-refractivity contribution is -0.134. The average molecular weight is 502 g/mol. The number of rotatable bonds is 9. The molecule has 35 heavy (non-hydrogen) atoms. The summed E-state index contributed by atoms with van der Waals surface area (Å²) in [6.07, 6.45) is 7.37. The zero-order chi connectivity index (χ0) is 25.8. The van der Waals surface area contributed by atoms with E-state index in [9.17, 15) is 13.2 Å². The quantitative estimate of drug-likeness (QED) is 0.417. The van der Waals surface area contributed by atoms with E-state index in [1.54, 1.807) is 6.20 Å². The first-order valence-electron chi connectivity index (χ1n) is 13.0. The highest BCUT2D eigenvalue weighted by Crippen LogP contribution is 2.33. The second-order valence-corrected chi connectivity index (χ2v) is 13.7. The maximum Gasteiger partial charge on any atom is 0.228 e. The monoisotopic (exact) mass is 501 g/mol. The van der Waals surface area contributed by atoms with E-state index in [0.717, 1.165) is 42.5 Å². The van der Waals surface area contributed by atoms with E-state index in [-0.39, 0.29) is 28.3 Å². The van der Waals surface area contributed by atoms with E-state index >= 15 is 0 Å². The molecule has 6 nitrogen and oxygen atoms in total. The largest absolute Gasteiger partial charge is 0.337 e. The van der Waals surface area contributed by atoms with Gasteiger partial charge in [-0.05, 0) is 36.7 Å². The molecule has 1 aliphatic rings. The van der Waals surface area contributed by atoms with Crippen molar-refractivity contribution in [2.75, 3.05) is 6.54 Å². The van der Waals surface area contributed by atoms with Crippen LogP contribution in [0.1, 0.15) is 96.0 Å². The number of hydrogen-bond acceptors (Lipinski definition) is 4. The minimum Gasteiger partial charge on any atom is -0.337 e. The highest BCUT2D eigenvalue weighted by Gasteiger charge is 2.31. The lowest BCUT2D eigenvalue weighted by atomic mass is 9.91. The van der Waals surface area contributed by atoms with Gasteiger partial charge in [-0.15, -0.1) is 0 Å². The number of aromatic nitrogens is 2. The summed E-state index contributed by atoms with van der Waals surface area (Å²) in [6, 6.07) is 7.73. The fourth-order valence-electron chi connectivity index (χ4n) is 5.00. The number of benzene rings is 1. The summed E-state index contributed by atoms with van der Waals surface area (Å²) in [5.41, 5.74) is 2.52. The number of aryl methyl sites for hydroxylation is 1. The molecule has 0 aliphatic heterocycles. The van der Waals surface area contributed by atoms with Crippen LogP contribution in [-0.4, -0.2) is 35.3 Å². The Morgan fingerprint density at radius 2 is 1.86 bits per heavy atom. The van der Waals surface area contributed by atoms with Gasteiger partial charge in [0.2, 0.25) is 20.9 Å². The first-order valence-corrected chi connectivity index (χ1v) is 14.6. The summed E-state index contributed by atoms with van der Waals surface area (Å²) in [6.45, 7) is 13.4. The van der Waals surface area contributed by atoms with E-state index in [0.29, 0.717) is 25.4 Å². The highest BCUT2D eigenvalue weighted by atomic mass is 32.2. The van der Waals surface area contributed by atoms with Crippen LogP contribution in [0.4, 0.5) is 0 Å². The second kappa shape index (κ2) is 11.3. The maximum absolute atomic E-state index is 13.6. The molecule has 0 radical (unpaired) electrons. The van der Waals surface area contributed by atoms with Crippen molar-refractivity contribution in [2.45, 2.75) is 104 Å². The third kappa shape index (κ3) is 7.66. The fraction of sp³-hybridized carbons (Fsp3) is 0.643. The maximum atomic E-state index is 13.6. The van der Waals surface area contributed by atoms with Crippen LogP contribution < -0.4 is 0 Å². The summed E-state index contributed by atoms with van der Waals surface area (Å²) < 4.78 is 29.2. The van der Waals surface area contributed by atoms with Gasteiger partial charge in [0.1, 0.15) is 0 Å². The molecular weight excluding hydrogens is 458 g/mol. The summed E-state index contributed by atoms with van der Waals surface area (Å²) in [7, 11) is -3.65. The van der Waals surface area contributed by atoms with E-state index in [4.69, 9.17) is 0 Å². The molecule has 0 spiro atoms. The van der Waals surface area contributed by atoms with E-state index in [1.807, 2.05) is 40.7 Å². The third-order valence-electron chi connectivity index (χ3n) is 6.47. The molecule has 3 rings (SSSR count). The van der Waals surface area contributed by atoms with E-state index < -0.39 is 9.84 Å². The van der Waals surface area contributed by atoms with Gasteiger partial charge in [0.05, 0.1) is 24.2 Å². The molecule has 7 heteroatoms. The molecule has 1 saturated carbocycles. The minimum absolute atomic E-state index is 0.0729. The number of nitrogens with zero attached hydrogens (tertiary/aromatic N) is 3. The third-order valence-corrected chi connectivity index (χ3v) is 8.04. The average Bonchev–Trinajstić information content (AvgIpc) is 3.17. The van der Waals surface area contributed by atoms with Crippen LogP contribution in [0, 0.1) is 18.3 Å². The standard InChI is InChI=1S/C28H43N3O3S/c1-21(2)18-30(26(32)16-28(4,5)6)19-25-17-29-27(31(25)24-13-8-7-9-14-24)35(33,34)20-23-12-10-11-22(3)15-23/h10-12,15,17,21,24H,7-9,13-14,16,18-20H2,1-6H3. The Hall–Kier alpha value is -2.15. The number of imidazole rings is 1. The van der Waals surface area contributed by atoms with Gasteiger partial charge < -0.3 is 9.47 Å². The molecule has 194 valence electrons. The molecule has 2 aromatic rings. The van der Waals surface area contributed by atoms with Crippen LogP contribution in [0.2, 0.25) is 0 Å². The molecule has 1 aromatic heterocycles. The summed E-state index contributed by atoms with van der Waals surface area (Å²) in [5.74, 6) is 0.345. The van der Waals surface area contributed by atoms with Crippen molar-refractivity contribution in [1.29, 1.82) is 0 Å². The molecule has 1 fully saturated rings. The lowest BCUT2D eigenvalue weighted by Gasteiger charge is -2.31. The van der Waals surface area contributed by atoms with Gasteiger partial charge in [-0.3, -0.25) is 4.79 Å². The number of carbonyl (C=O) groups excluding carboxylic acids is 1. The number of sulfone groups is 1. The molecule has 1 amide bonds. The predicted molar refractivity (Wildman–Crippen MR) is 141 cm³/mol. The predicted octanol–water partition coefficient (Wildman–Crippen LogP) is 6.09. The molecular formula is C28H43N3O3S. The van der Waals surface area contributed by atoms with Gasteiger partial charge in [0.15, 0.2) is 0 Å². The summed E-state index contributed by atoms with van der Waals surface area (Å²) in [4.78, 5) is 19.6. The van der Waals surface area contributed by atoms with Crippen LogP contribution in [-0.2, 0) is 26.9 Å². The SMILES string of the molecule is Cc1cccc(CS(=O)(=O)c2ncc(CN(CC(C)C)C(=O)CC(C)(C)C)n2C2CCCCC2)c1. The van der Waals surface area contributed by atoms with Crippen LogP contribution >= 0.6 is 0 Å². The Kier molecular flexibility index (Phi) is 8.84. The molecule has 1 heterocycles. The van der Waals surface area contributed by atoms with Crippen LogP contribution in [0.3, 0.4) is 0 Å². The van der Waals surface area contributed by atoms with Crippen molar-refractivity contribution in [2.24, 2.45) is 11.3 Å². The molecule has 0 saturated heterocycles. The smallest absolute Gasteiger partial charge is 0.228 e. The highest BCUT2D eigenvalue weighted by molar-refractivity contribution is 7.90. The van der Waals surface area contributed by atoms with Crippen molar-refractivity contribution in [3.05, 3.63) is 47.3 Å². The molecule has 0 N–H and O–H groups in total. The Labute approximate surface area is 212 Å². The number of amides is 1. The summed E-state index contributed by atoms with van der Waals surface area (Å²) >= 11 is 0. The van der Waals surface area contributed by atoms with Gasteiger partial charge in [-0.1, -0.05) is 83.7 Å². The Morgan fingerprint density at radius 1 is 1.17 bits per heavy atom. The van der Waals surface area contributed by atoms with Crippen LogP contribution in [0.25, 0.3) is 0 Å². The van der Waals surface area contributed by atoms with Crippen molar-refractivity contribution in [3.63, 3.8) is 0 Å². The molecule has 1 aliphatic carbocycles. The zero-order valence-electron chi connectivity index (χ0n) is 22.4. The van der Waals surface area contributed by atoms with Gasteiger partial charge in [0.25, 0.3) is 0 Å². The van der Waals surface area contributed by atoms with E-state index in [2.05, 4.69) is 39.6 Å². The van der Waals surface area contributed by atoms with Crippen molar-refractivity contribution < 1.29 is 13.2 Å². The van der Waals surface area contributed by atoms with Gasteiger partial charge in [0, 0.05) is 19.0 Å². The Balaban J connectivity index is 1.98. The normalized spacial score (nSPS) is 15.5. The topological polar surface area (TPSA) is 72.3 Å². The van der Waals surface area contributed by atoms with Gasteiger partial charge in [-0.2, -0.15) is 0 Å². The molecule has 1 aromatic carbocycles. The minimum atomic E-state index is -3.65. The van der Waals surface area contributed by atoms with Crippen LogP contribution in [0.15, 0.2) is 35.6 Å². The number of carbonyl (C=O) groups is 1. The lowest BCUT2D eigenvalue weighted by Crippen LogP contribution is -2.37. The summed E-state index contributed by atoms with van der Waals surface area (Å²) in [5, 5.41) is 0.147. The Bertz CT molecular complexity index is 1110. The molecule has 0 bridgehead atoms. The van der Waals surface area contributed by atoms with E-state index in [1.165, 1.54) is 6.42 Å². The second-order valence-electron chi connectivity index (χ2n) is 11.8. The first-order chi connectivity index (χ1) is 16.4. The fourth-order valence-corrected chi connectivity index (χ4v) is 6.52. The molecule has 0 unspecified atom stereocenters. The van der Waals surface area contributed by atoms with Crippen LogP contribution in [0.5, 0.6) is 0 Å². The first kappa shape index (κ1) is 27.4. The van der Waals surface area contributed by atoms with Crippen molar-refractivity contribution in [3.8, 4) is 0 Å².